The van der Waals surface area contributed by atoms with Crippen molar-refractivity contribution in [1.29, 1.82) is 0 Å². The molecule has 0 saturated heterocycles. The minimum Gasteiger partial charge on any atom is -0.0985 e. The quantitative estimate of drug-likeness (QED) is 0.631. The molecule has 0 saturated carbocycles. The lowest BCUT2D eigenvalue weighted by molar-refractivity contribution is 1.34. The van der Waals surface area contributed by atoms with Crippen molar-refractivity contribution in [2.75, 3.05) is 0 Å². The number of rotatable bonds is 4. The van der Waals surface area contributed by atoms with Crippen LogP contribution in [0.25, 0.3) is 6.08 Å². The predicted octanol–water partition coefficient (Wildman–Crippen LogP) is 5.01. The van der Waals surface area contributed by atoms with Gasteiger partial charge in [0.05, 0.1) is 0 Å². The fourth-order valence-electron chi connectivity index (χ4n) is 1.80. The molecular weight excluding hydrogens is 204 g/mol. The molecule has 0 heterocycles. The van der Waals surface area contributed by atoms with Gasteiger partial charge in [-0.2, -0.15) is 0 Å². The van der Waals surface area contributed by atoms with Gasteiger partial charge < -0.3 is 0 Å². The molecule has 0 N–H and O–H groups in total. The molecule has 88 valence electrons. The van der Waals surface area contributed by atoms with Gasteiger partial charge in [0, 0.05) is 0 Å². The van der Waals surface area contributed by atoms with Crippen LogP contribution in [0.2, 0.25) is 0 Å². The van der Waals surface area contributed by atoms with Crippen molar-refractivity contribution >= 4 is 6.08 Å². The predicted molar refractivity (Wildman–Crippen MR) is 78.0 cm³/mol. The number of hydrogen-bond acceptors (Lipinski definition) is 0. The maximum Gasteiger partial charge on any atom is -0.0161 e. The van der Waals surface area contributed by atoms with Crippen LogP contribution in [0.5, 0.6) is 0 Å². The molecule has 0 unspecified atom stereocenters. The van der Waals surface area contributed by atoms with Crippen molar-refractivity contribution in [3.8, 4) is 0 Å². The Morgan fingerprint density at radius 3 is 2.06 bits per heavy atom. The summed E-state index contributed by atoms with van der Waals surface area (Å²) < 4.78 is 0. The Labute approximate surface area is 105 Å². The summed E-state index contributed by atoms with van der Waals surface area (Å²) in [5, 5.41) is 0. The number of benzene rings is 1. The normalized spacial score (nSPS) is 11.1. The van der Waals surface area contributed by atoms with E-state index < -0.39 is 0 Å². The SMILES string of the molecule is C=CC(=C)/C(=C\c1c(C)cccc1C)C(=C)C. The van der Waals surface area contributed by atoms with E-state index in [2.05, 4.69) is 57.9 Å². The van der Waals surface area contributed by atoms with Gasteiger partial charge in [0.2, 0.25) is 0 Å². The maximum absolute atomic E-state index is 4.00. The van der Waals surface area contributed by atoms with Gasteiger partial charge in [0.25, 0.3) is 0 Å². The van der Waals surface area contributed by atoms with Gasteiger partial charge in [-0.15, -0.1) is 0 Å². The largest absolute Gasteiger partial charge is 0.0985 e. The van der Waals surface area contributed by atoms with E-state index in [9.17, 15) is 0 Å². The first-order chi connectivity index (χ1) is 7.97. The topological polar surface area (TPSA) is 0 Å². The van der Waals surface area contributed by atoms with Gasteiger partial charge in [-0.25, -0.2) is 0 Å². The molecule has 0 heteroatoms. The van der Waals surface area contributed by atoms with E-state index in [4.69, 9.17) is 0 Å². The van der Waals surface area contributed by atoms with Crippen molar-refractivity contribution in [2.45, 2.75) is 20.8 Å². The third kappa shape index (κ3) is 3.07. The maximum atomic E-state index is 4.00. The fourth-order valence-corrected chi connectivity index (χ4v) is 1.80. The molecule has 0 amide bonds. The average Bonchev–Trinajstić information content (AvgIpc) is 2.27. The highest BCUT2D eigenvalue weighted by molar-refractivity contribution is 5.69. The first kappa shape index (κ1) is 13.2. The van der Waals surface area contributed by atoms with E-state index in [1.165, 1.54) is 16.7 Å². The van der Waals surface area contributed by atoms with Gasteiger partial charge in [-0.05, 0) is 54.7 Å². The van der Waals surface area contributed by atoms with Crippen LogP contribution in [-0.2, 0) is 0 Å². The Hall–Kier alpha value is -1.82. The molecule has 0 fully saturated rings. The van der Waals surface area contributed by atoms with Crippen molar-refractivity contribution < 1.29 is 0 Å². The Morgan fingerprint density at radius 1 is 1.12 bits per heavy atom. The zero-order valence-electron chi connectivity index (χ0n) is 11.0. The molecule has 0 atom stereocenters. The second kappa shape index (κ2) is 5.49. The van der Waals surface area contributed by atoms with E-state index >= 15 is 0 Å². The number of allylic oxidation sites excluding steroid dienone is 4. The molecule has 0 radical (unpaired) electrons. The Morgan fingerprint density at radius 2 is 1.65 bits per heavy atom. The zero-order valence-corrected chi connectivity index (χ0v) is 11.0. The van der Waals surface area contributed by atoms with Crippen molar-refractivity contribution in [1.82, 2.24) is 0 Å². The van der Waals surface area contributed by atoms with Crippen LogP contribution in [0, 0.1) is 13.8 Å². The third-order valence-electron chi connectivity index (χ3n) is 2.88. The summed E-state index contributed by atoms with van der Waals surface area (Å²) in [5.41, 5.74) is 6.77. The van der Waals surface area contributed by atoms with Crippen LogP contribution in [-0.4, -0.2) is 0 Å². The minimum atomic E-state index is 0.917. The zero-order chi connectivity index (χ0) is 13.0. The molecule has 0 aliphatic rings. The molecule has 17 heavy (non-hydrogen) atoms. The summed E-state index contributed by atoms with van der Waals surface area (Å²) in [6, 6.07) is 6.31. The molecule has 0 spiro atoms. The molecule has 1 aromatic rings. The summed E-state index contributed by atoms with van der Waals surface area (Å²) >= 11 is 0. The van der Waals surface area contributed by atoms with E-state index in [-0.39, 0.29) is 0 Å². The van der Waals surface area contributed by atoms with Crippen LogP contribution in [0.3, 0.4) is 0 Å². The lowest BCUT2D eigenvalue weighted by Crippen LogP contribution is -1.91. The minimum absolute atomic E-state index is 0.917. The lowest BCUT2D eigenvalue weighted by atomic mass is 9.94. The van der Waals surface area contributed by atoms with Gasteiger partial charge in [0.1, 0.15) is 0 Å². The molecule has 0 aliphatic heterocycles. The molecule has 0 aromatic heterocycles. The second-order valence-electron chi connectivity index (χ2n) is 4.37. The van der Waals surface area contributed by atoms with Crippen LogP contribution in [0.4, 0.5) is 0 Å². The Kier molecular flexibility index (Phi) is 4.28. The molecule has 0 nitrogen and oxygen atoms in total. The lowest BCUT2D eigenvalue weighted by Gasteiger charge is -2.10. The Bertz CT molecular complexity index is 479. The van der Waals surface area contributed by atoms with Crippen LogP contribution < -0.4 is 0 Å². The van der Waals surface area contributed by atoms with Gasteiger partial charge in [-0.3, -0.25) is 0 Å². The van der Waals surface area contributed by atoms with E-state index in [1.807, 2.05) is 6.92 Å². The van der Waals surface area contributed by atoms with Crippen molar-refractivity contribution in [3.05, 3.63) is 77.4 Å². The van der Waals surface area contributed by atoms with Gasteiger partial charge in [0.15, 0.2) is 0 Å². The van der Waals surface area contributed by atoms with E-state index in [0.29, 0.717) is 0 Å². The molecular formula is C17H20. The highest BCUT2D eigenvalue weighted by atomic mass is 14.1. The highest BCUT2D eigenvalue weighted by Gasteiger charge is 2.04. The van der Waals surface area contributed by atoms with Crippen molar-refractivity contribution in [3.63, 3.8) is 0 Å². The standard InChI is InChI=1S/C17H20/c1-7-13(4)16(12(2)3)11-17-14(5)9-8-10-15(17)6/h7-11H,1-2,4H2,3,5-6H3/b16-11-. The summed E-state index contributed by atoms with van der Waals surface area (Å²) in [5.74, 6) is 0. The van der Waals surface area contributed by atoms with Crippen LogP contribution in [0.1, 0.15) is 23.6 Å². The Balaban J connectivity index is 3.37. The van der Waals surface area contributed by atoms with Crippen LogP contribution in [0.15, 0.2) is 60.7 Å². The summed E-state index contributed by atoms with van der Waals surface area (Å²) in [6.07, 6.45) is 3.92. The number of aryl methyl sites for hydroxylation is 2. The van der Waals surface area contributed by atoms with Gasteiger partial charge >= 0.3 is 0 Å². The highest BCUT2D eigenvalue weighted by Crippen LogP contribution is 2.24. The summed E-state index contributed by atoms with van der Waals surface area (Å²) in [6.45, 7) is 18.0. The average molecular weight is 224 g/mol. The summed E-state index contributed by atoms with van der Waals surface area (Å²) in [4.78, 5) is 0. The van der Waals surface area contributed by atoms with E-state index in [1.54, 1.807) is 6.08 Å². The fraction of sp³-hybridized carbons (Fsp3) is 0.176. The first-order valence-electron chi connectivity index (χ1n) is 5.73. The third-order valence-corrected chi connectivity index (χ3v) is 2.88. The molecule has 0 aliphatic carbocycles. The van der Waals surface area contributed by atoms with Crippen LogP contribution >= 0.6 is 0 Å². The molecule has 1 aromatic carbocycles. The van der Waals surface area contributed by atoms with E-state index in [0.717, 1.165) is 16.7 Å². The monoisotopic (exact) mass is 224 g/mol. The molecule has 1 rings (SSSR count). The first-order valence-corrected chi connectivity index (χ1v) is 5.73. The van der Waals surface area contributed by atoms with Crippen molar-refractivity contribution in [2.24, 2.45) is 0 Å². The smallest absolute Gasteiger partial charge is 0.0161 e. The second-order valence-corrected chi connectivity index (χ2v) is 4.37. The number of hydrogen-bond donors (Lipinski definition) is 0. The molecule has 0 bridgehead atoms. The summed E-state index contributed by atoms with van der Waals surface area (Å²) in [7, 11) is 0. The van der Waals surface area contributed by atoms with Gasteiger partial charge in [-0.1, -0.05) is 49.6 Å².